The Hall–Kier alpha value is -1.28. The summed E-state index contributed by atoms with van der Waals surface area (Å²) in [5.41, 5.74) is 0.406. The summed E-state index contributed by atoms with van der Waals surface area (Å²) in [6.45, 7) is 0.836. The molecule has 1 N–H and O–H groups in total. The number of thioether (sulfide) groups is 1. The van der Waals surface area contributed by atoms with Gasteiger partial charge >= 0.3 is 0 Å². The lowest BCUT2D eigenvalue weighted by molar-refractivity contribution is -0.121. The number of nitrogens with zero attached hydrogens (tertiary/aromatic N) is 1. The van der Waals surface area contributed by atoms with E-state index >= 15 is 0 Å². The Morgan fingerprint density at radius 2 is 1.89 bits per heavy atom. The van der Waals surface area contributed by atoms with Crippen molar-refractivity contribution in [1.29, 1.82) is 0 Å². The van der Waals surface area contributed by atoms with Crippen molar-refractivity contribution in [3.05, 3.63) is 30.1 Å². The summed E-state index contributed by atoms with van der Waals surface area (Å²) < 4.78 is 38.2. The lowest BCUT2D eigenvalue weighted by Crippen LogP contribution is -2.32. The summed E-state index contributed by atoms with van der Waals surface area (Å²) in [6.07, 6.45) is 8.32. The van der Waals surface area contributed by atoms with E-state index in [1.54, 1.807) is 0 Å². The standard InChI is InChI=1S/C19H29FN2O3S2/c1-27(24,25)22(17-11-9-16(20)10-12-17)14-5-8-19(23)21-13-15-26-18-6-3-2-4-7-18/h9-12,18H,2-8,13-15H2,1H3,(H,21,23). The summed E-state index contributed by atoms with van der Waals surface area (Å²) in [5.74, 6) is 0.436. The number of hydrogen-bond acceptors (Lipinski definition) is 4. The first-order chi connectivity index (χ1) is 12.9. The number of anilines is 1. The van der Waals surface area contributed by atoms with Gasteiger partial charge in [-0.05, 0) is 43.5 Å². The van der Waals surface area contributed by atoms with Crippen molar-refractivity contribution < 1.29 is 17.6 Å². The zero-order valence-electron chi connectivity index (χ0n) is 15.8. The van der Waals surface area contributed by atoms with Crippen LogP contribution in [0.4, 0.5) is 10.1 Å². The molecule has 0 unspecified atom stereocenters. The maximum absolute atomic E-state index is 13.0. The molecule has 0 bridgehead atoms. The number of carbonyl (C=O) groups excluding carboxylic acids is 1. The number of carbonyl (C=O) groups is 1. The molecule has 1 aliphatic rings. The van der Waals surface area contributed by atoms with E-state index in [9.17, 15) is 17.6 Å². The minimum atomic E-state index is -3.49. The molecule has 1 aromatic rings. The van der Waals surface area contributed by atoms with Crippen LogP contribution in [0.3, 0.4) is 0 Å². The second kappa shape index (κ2) is 10.9. The van der Waals surface area contributed by atoms with Gasteiger partial charge in [-0.15, -0.1) is 0 Å². The second-order valence-electron chi connectivity index (χ2n) is 6.90. The predicted molar refractivity (Wildman–Crippen MR) is 110 cm³/mol. The Morgan fingerprint density at radius 3 is 2.52 bits per heavy atom. The highest BCUT2D eigenvalue weighted by Crippen LogP contribution is 2.27. The van der Waals surface area contributed by atoms with Gasteiger partial charge in [0.05, 0.1) is 11.9 Å². The SMILES string of the molecule is CS(=O)(=O)N(CCCC(=O)NCCSC1CCCCC1)c1ccc(F)cc1. The van der Waals surface area contributed by atoms with E-state index < -0.39 is 15.8 Å². The van der Waals surface area contributed by atoms with Crippen LogP contribution in [0.5, 0.6) is 0 Å². The maximum Gasteiger partial charge on any atom is 0.232 e. The van der Waals surface area contributed by atoms with E-state index in [2.05, 4.69) is 5.32 Å². The molecule has 0 aliphatic heterocycles. The lowest BCUT2D eigenvalue weighted by atomic mass is 10.0. The molecule has 152 valence electrons. The molecule has 0 atom stereocenters. The Labute approximate surface area is 166 Å². The quantitative estimate of drug-likeness (QED) is 0.593. The average molecular weight is 417 g/mol. The molecular weight excluding hydrogens is 387 g/mol. The topological polar surface area (TPSA) is 66.5 Å². The predicted octanol–water partition coefficient (Wildman–Crippen LogP) is 3.55. The molecule has 0 aromatic heterocycles. The maximum atomic E-state index is 13.0. The van der Waals surface area contributed by atoms with Crippen LogP contribution >= 0.6 is 11.8 Å². The zero-order valence-corrected chi connectivity index (χ0v) is 17.5. The van der Waals surface area contributed by atoms with Crippen LogP contribution in [0.25, 0.3) is 0 Å². The summed E-state index contributed by atoms with van der Waals surface area (Å²) >= 11 is 1.94. The third kappa shape index (κ3) is 8.09. The molecule has 2 rings (SSSR count). The molecule has 1 saturated carbocycles. The van der Waals surface area contributed by atoms with Gasteiger partial charge in [0.15, 0.2) is 0 Å². The fourth-order valence-electron chi connectivity index (χ4n) is 3.21. The monoisotopic (exact) mass is 416 g/mol. The van der Waals surface area contributed by atoms with Crippen molar-refractivity contribution in [3.8, 4) is 0 Å². The molecular formula is C19H29FN2O3S2. The number of rotatable bonds is 10. The van der Waals surface area contributed by atoms with Crippen molar-refractivity contribution >= 4 is 33.4 Å². The normalized spacial score (nSPS) is 15.5. The van der Waals surface area contributed by atoms with Crippen molar-refractivity contribution in [2.75, 3.05) is 29.4 Å². The third-order valence-corrected chi connectivity index (χ3v) is 7.19. The van der Waals surface area contributed by atoms with Crippen LogP contribution in [0.2, 0.25) is 0 Å². The largest absolute Gasteiger partial charge is 0.355 e. The number of benzene rings is 1. The molecule has 8 heteroatoms. The van der Waals surface area contributed by atoms with Crippen LogP contribution in [-0.2, 0) is 14.8 Å². The first kappa shape index (κ1) is 22.0. The smallest absolute Gasteiger partial charge is 0.232 e. The number of nitrogens with one attached hydrogen (secondary N) is 1. The highest BCUT2D eigenvalue weighted by molar-refractivity contribution is 7.99. The molecule has 1 fully saturated rings. The van der Waals surface area contributed by atoms with Gasteiger partial charge in [-0.25, -0.2) is 12.8 Å². The first-order valence-corrected chi connectivity index (χ1v) is 12.4. The van der Waals surface area contributed by atoms with Gasteiger partial charge in [-0.2, -0.15) is 11.8 Å². The molecule has 0 heterocycles. The average Bonchev–Trinajstić information content (AvgIpc) is 2.63. The Bertz CT molecular complexity index is 689. The molecule has 1 amide bonds. The Kier molecular flexibility index (Phi) is 8.89. The van der Waals surface area contributed by atoms with Gasteiger partial charge in [0, 0.05) is 30.5 Å². The van der Waals surface area contributed by atoms with Crippen LogP contribution < -0.4 is 9.62 Å². The Morgan fingerprint density at radius 1 is 1.22 bits per heavy atom. The Balaban J connectivity index is 1.69. The van der Waals surface area contributed by atoms with Crippen molar-refractivity contribution in [2.45, 2.75) is 50.2 Å². The molecule has 27 heavy (non-hydrogen) atoms. The van der Waals surface area contributed by atoms with Gasteiger partial charge in [0.1, 0.15) is 5.82 Å². The van der Waals surface area contributed by atoms with Crippen molar-refractivity contribution in [1.82, 2.24) is 5.32 Å². The van der Waals surface area contributed by atoms with E-state index in [1.165, 1.54) is 60.7 Å². The number of hydrogen-bond donors (Lipinski definition) is 1. The van der Waals surface area contributed by atoms with Gasteiger partial charge < -0.3 is 5.32 Å². The minimum absolute atomic E-state index is 0.0631. The zero-order chi connectivity index (χ0) is 19.7. The highest BCUT2D eigenvalue weighted by atomic mass is 32.2. The van der Waals surface area contributed by atoms with E-state index in [0.717, 1.165) is 17.3 Å². The summed E-state index contributed by atoms with van der Waals surface area (Å²) in [6, 6.07) is 5.31. The highest BCUT2D eigenvalue weighted by Gasteiger charge is 2.18. The second-order valence-corrected chi connectivity index (χ2v) is 10.2. The molecule has 0 saturated heterocycles. The van der Waals surface area contributed by atoms with Crippen LogP contribution in [0.15, 0.2) is 24.3 Å². The van der Waals surface area contributed by atoms with E-state index in [1.807, 2.05) is 11.8 Å². The molecule has 5 nitrogen and oxygen atoms in total. The fraction of sp³-hybridized carbons (Fsp3) is 0.632. The molecule has 1 aromatic carbocycles. The van der Waals surface area contributed by atoms with Gasteiger partial charge in [0.2, 0.25) is 15.9 Å². The number of halogens is 1. The third-order valence-electron chi connectivity index (χ3n) is 4.61. The summed E-state index contributed by atoms with van der Waals surface area (Å²) in [5, 5.41) is 3.64. The summed E-state index contributed by atoms with van der Waals surface area (Å²) in [4.78, 5) is 12.0. The van der Waals surface area contributed by atoms with Crippen LogP contribution in [0, 0.1) is 5.82 Å². The van der Waals surface area contributed by atoms with Crippen LogP contribution in [-0.4, -0.2) is 44.7 Å². The first-order valence-electron chi connectivity index (χ1n) is 9.48. The van der Waals surface area contributed by atoms with Crippen molar-refractivity contribution in [3.63, 3.8) is 0 Å². The van der Waals surface area contributed by atoms with E-state index in [0.29, 0.717) is 18.7 Å². The van der Waals surface area contributed by atoms with Crippen molar-refractivity contribution in [2.24, 2.45) is 0 Å². The van der Waals surface area contributed by atoms with Gasteiger partial charge in [-0.3, -0.25) is 9.10 Å². The fourth-order valence-corrected chi connectivity index (χ4v) is 5.40. The van der Waals surface area contributed by atoms with E-state index in [4.69, 9.17) is 0 Å². The molecule has 0 spiro atoms. The number of sulfonamides is 1. The van der Waals surface area contributed by atoms with Gasteiger partial charge in [0.25, 0.3) is 0 Å². The molecule has 1 aliphatic carbocycles. The summed E-state index contributed by atoms with van der Waals surface area (Å²) in [7, 11) is -3.49. The van der Waals surface area contributed by atoms with Crippen LogP contribution in [0.1, 0.15) is 44.9 Å². The van der Waals surface area contributed by atoms with Gasteiger partial charge in [-0.1, -0.05) is 19.3 Å². The lowest BCUT2D eigenvalue weighted by Gasteiger charge is -2.22. The van der Waals surface area contributed by atoms with E-state index in [-0.39, 0.29) is 18.9 Å². The number of amides is 1. The minimum Gasteiger partial charge on any atom is -0.355 e. The molecule has 0 radical (unpaired) electrons.